The second-order valence-electron chi connectivity index (χ2n) is 3.24. The van der Waals surface area contributed by atoms with Crippen LogP contribution in [0.1, 0.15) is 9.67 Å². The molecule has 84 valence electrons. The van der Waals surface area contributed by atoms with E-state index < -0.39 is 0 Å². The summed E-state index contributed by atoms with van der Waals surface area (Å²) in [5.41, 5.74) is 2.35. The predicted molar refractivity (Wildman–Crippen MR) is 71.6 cm³/mol. The van der Waals surface area contributed by atoms with Gasteiger partial charge >= 0.3 is 0 Å². The zero-order chi connectivity index (χ0) is 11.8. The van der Waals surface area contributed by atoms with Gasteiger partial charge in [0.1, 0.15) is 16.7 Å². The van der Waals surface area contributed by atoms with Crippen molar-refractivity contribution in [1.82, 2.24) is 13.7 Å². The Bertz CT molecular complexity index is 706. The molecule has 0 aromatic carbocycles. The van der Waals surface area contributed by atoms with Gasteiger partial charge in [-0.25, -0.2) is 0 Å². The maximum Gasteiger partial charge on any atom is 0.160 e. The van der Waals surface area contributed by atoms with E-state index in [-0.39, 0.29) is 0 Å². The third kappa shape index (κ3) is 1.80. The van der Waals surface area contributed by atoms with Gasteiger partial charge in [0.15, 0.2) is 6.29 Å². The second-order valence-corrected chi connectivity index (χ2v) is 5.73. The Balaban J connectivity index is 2.26. The lowest BCUT2D eigenvalue weighted by molar-refractivity contribution is 0.112. The summed E-state index contributed by atoms with van der Waals surface area (Å²) in [4.78, 5) is 16.6. The molecular formula is C10H4BrN3OS2. The molecule has 0 fully saturated rings. The van der Waals surface area contributed by atoms with E-state index in [2.05, 4.69) is 29.7 Å². The highest BCUT2D eigenvalue weighted by Gasteiger charge is 2.13. The van der Waals surface area contributed by atoms with E-state index >= 15 is 0 Å². The fraction of sp³-hybridized carbons (Fsp3) is 0. The van der Waals surface area contributed by atoms with E-state index in [1.54, 1.807) is 12.3 Å². The van der Waals surface area contributed by atoms with Crippen LogP contribution in [-0.4, -0.2) is 20.0 Å². The first-order valence-electron chi connectivity index (χ1n) is 4.62. The summed E-state index contributed by atoms with van der Waals surface area (Å²) in [6.45, 7) is 0. The standard InChI is InChI=1S/C10H4BrN3OS2/c11-6-3-12-9(10-8(6)13-17-14-10)7-2-1-5(4-15)16-7/h1-4H. The molecule has 3 heterocycles. The Morgan fingerprint density at radius 2 is 2.06 bits per heavy atom. The molecule has 0 amide bonds. The van der Waals surface area contributed by atoms with Gasteiger partial charge < -0.3 is 0 Å². The fourth-order valence-electron chi connectivity index (χ4n) is 1.47. The number of hydrogen-bond acceptors (Lipinski definition) is 6. The average Bonchev–Trinajstić information content (AvgIpc) is 2.98. The molecule has 0 bridgehead atoms. The van der Waals surface area contributed by atoms with Gasteiger partial charge in [0.2, 0.25) is 0 Å². The average molecular weight is 326 g/mol. The number of carbonyl (C=O) groups excluding carboxylic acids is 1. The summed E-state index contributed by atoms with van der Waals surface area (Å²) < 4.78 is 9.29. The fourth-order valence-corrected chi connectivity index (χ4v) is 3.35. The van der Waals surface area contributed by atoms with Crippen molar-refractivity contribution in [3.05, 3.63) is 27.7 Å². The van der Waals surface area contributed by atoms with Crippen molar-refractivity contribution < 1.29 is 4.79 Å². The number of thiophene rings is 1. The zero-order valence-corrected chi connectivity index (χ0v) is 11.5. The van der Waals surface area contributed by atoms with Crippen molar-refractivity contribution in [2.24, 2.45) is 0 Å². The van der Waals surface area contributed by atoms with Crippen LogP contribution in [0, 0.1) is 0 Å². The molecule has 3 aromatic rings. The van der Waals surface area contributed by atoms with Gasteiger partial charge in [0, 0.05) is 6.20 Å². The highest BCUT2D eigenvalue weighted by atomic mass is 79.9. The normalized spacial score (nSPS) is 10.9. The van der Waals surface area contributed by atoms with Gasteiger partial charge in [-0.15, -0.1) is 11.3 Å². The Kier molecular flexibility index (Phi) is 2.73. The highest BCUT2D eigenvalue weighted by molar-refractivity contribution is 9.10. The number of nitrogens with zero attached hydrogens (tertiary/aromatic N) is 3. The molecule has 0 unspecified atom stereocenters. The number of aldehydes is 1. The summed E-state index contributed by atoms with van der Waals surface area (Å²) in [6.07, 6.45) is 2.54. The lowest BCUT2D eigenvalue weighted by Gasteiger charge is -1.98. The monoisotopic (exact) mass is 325 g/mol. The molecule has 0 atom stereocenters. The van der Waals surface area contributed by atoms with Crippen LogP contribution in [0.5, 0.6) is 0 Å². The first kappa shape index (κ1) is 10.9. The number of pyridine rings is 1. The molecular weight excluding hydrogens is 322 g/mol. The van der Waals surface area contributed by atoms with Crippen molar-refractivity contribution in [2.45, 2.75) is 0 Å². The van der Waals surface area contributed by atoms with Crippen LogP contribution in [0.4, 0.5) is 0 Å². The molecule has 3 aromatic heterocycles. The predicted octanol–water partition coefficient (Wildman–Crippen LogP) is 3.39. The number of rotatable bonds is 2. The molecule has 0 radical (unpaired) electrons. The van der Waals surface area contributed by atoms with Crippen LogP contribution in [-0.2, 0) is 0 Å². The molecule has 0 aliphatic carbocycles. The summed E-state index contributed by atoms with van der Waals surface area (Å²) in [5.74, 6) is 0. The molecule has 17 heavy (non-hydrogen) atoms. The van der Waals surface area contributed by atoms with Gasteiger partial charge in [0.25, 0.3) is 0 Å². The van der Waals surface area contributed by atoms with Gasteiger partial charge in [-0.3, -0.25) is 9.78 Å². The third-order valence-corrected chi connectivity index (χ3v) is 4.35. The van der Waals surface area contributed by atoms with Crippen molar-refractivity contribution >= 4 is 56.3 Å². The van der Waals surface area contributed by atoms with E-state index in [9.17, 15) is 4.79 Å². The minimum atomic E-state index is 0.682. The van der Waals surface area contributed by atoms with Gasteiger partial charge in [0.05, 0.1) is 26.0 Å². The maximum atomic E-state index is 10.7. The van der Waals surface area contributed by atoms with Crippen LogP contribution in [0.25, 0.3) is 21.6 Å². The molecule has 0 spiro atoms. The summed E-state index contributed by atoms with van der Waals surface area (Å²) in [6, 6.07) is 3.66. The summed E-state index contributed by atoms with van der Waals surface area (Å²) in [5, 5.41) is 0. The zero-order valence-electron chi connectivity index (χ0n) is 8.25. The molecule has 0 saturated heterocycles. The quantitative estimate of drug-likeness (QED) is 0.678. The molecule has 0 N–H and O–H groups in total. The molecule has 4 nitrogen and oxygen atoms in total. The minimum Gasteiger partial charge on any atom is -0.297 e. The first-order valence-corrected chi connectivity index (χ1v) is 6.95. The van der Waals surface area contributed by atoms with E-state index in [1.807, 2.05) is 6.07 Å². The van der Waals surface area contributed by atoms with Crippen molar-refractivity contribution in [1.29, 1.82) is 0 Å². The van der Waals surface area contributed by atoms with Crippen LogP contribution in [0.3, 0.4) is 0 Å². The first-order chi connectivity index (χ1) is 8.29. The van der Waals surface area contributed by atoms with E-state index in [0.717, 1.165) is 44.1 Å². The SMILES string of the molecule is O=Cc1ccc(-c2ncc(Br)c3nsnc23)s1. The Labute approximate surface area is 113 Å². The lowest BCUT2D eigenvalue weighted by Crippen LogP contribution is -1.84. The molecule has 0 aliphatic rings. The second kappa shape index (κ2) is 4.25. The molecule has 7 heteroatoms. The lowest BCUT2D eigenvalue weighted by atomic mass is 10.2. The molecule has 0 saturated carbocycles. The van der Waals surface area contributed by atoms with Gasteiger partial charge in [-0.05, 0) is 28.1 Å². The Hall–Kier alpha value is -1.18. The van der Waals surface area contributed by atoms with E-state index in [0.29, 0.717) is 4.88 Å². The van der Waals surface area contributed by atoms with Crippen molar-refractivity contribution in [2.75, 3.05) is 0 Å². The van der Waals surface area contributed by atoms with Crippen LogP contribution >= 0.6 is 39.0 Å². The number of aromatic nitrogens is 3. The number of halogens is 1. The Morgan fingerprint density at radius 3 is 2.82 bits per heavy atom. The van der Waals surface area contributed by atoms with E-state index in [1.165, 1.54) is 11.3 Å². The highest BCUT2D eigenvalue weighted by Crippen LogP contribution is 2.33. The van der Waals surface area contributed by atoms with E-state index in [4.69, 9.17) is 0 Å². The largest absolute Gasteiger partial charge is 0.297 e. The number of fused-ring (bicyclic) bond motifs is 1. The van der Waals surface area contributed by atoms with Gasteiger partial charge in [-0.1, -0.05) is 0 Å². The minimum absolute atomic E-state index is 0.682. The van der Waals surface area contributed by atoms with Crippen LogP contribution in [0.2, 0.25) is 0 Å². The number of hydrogen-bond donors (Lipinski definition) is 0. The van der Waals surface area contributed by atoms with Crippen LogP contribution < -0.4 is 0 Å². The van der Waals surface area contributed by atoms with Crippen LogP contribution in [0.15, 0.2) is 22.8 Å². The summed E-state index contributed by atoms with van der Waals surface area (Å²) in [7, 11) is 0. The van der Waals surface area contributed by atoms with Crippen molar-refractivity contribution in [3.63, 3.8) is 0 Å². The van der Waals surface area contributed by atoms with Crippen molar-refractivity contribution in [3.8, 4) is 10.6 Å². The molecule has 3 rings (SSSR count). The topological polar surface area (TPSA) is 55.7 Å². The summed E-state index contributed by atoms with van der Waals surface area (Å²) >= 11 is 5.95. The van der Waals surface area contributed by atoms with Gasteiger partial charge in [-0.2, -0.15) is 8.75 Å². The maximum absolute atomic E-state index is 10.7. The smallest absolute Gasteiger partial charge is 0.160 e. The molecule has 0 aliphatic heterocycles. The number of carbonyl (C=O) groups is 1. The Morgan fingerprint density at radius 1 is 1.24 bits per heavy atom. The third-order valence-electron chi connectivity index (χ3n) is 2.22.